The van der Waals surface area contributed by atoms with Crippen LogP contribution in [0.25, 0.3) is 0 Å². The van der Waals surface area contributed by atoms with Gasteiger partial charge in [-0.3, -0.25) is 4.79 Å². The summed E-state index contributed by atoms with van der Waals surface area (Å²) in [5.74, 6) is -48.3. The molecule has 0 aliphatic heterocycles. The molecule has 0 saturated carbocycles. The van der Waals surface area contributed by atoms with Gasteiger partial charge in [0, 0.05) is 18.9 Å². The molecule has 2 N–H and O–H groups in total. The fraction of sp³-hybridized carbons (Fsp3) is 0.765. The van der Waals surface area contributed by atoms with E-state index in [1.54, 1.807) is 0 Å². The van der Waals surface area contributed by atoms with Crippen LogP contribution in [0.3, 0.4) is 0 Å². The summed E-state index contributed by atoms with van der Waals surface area (Å²) >= 11 is 0. The highest BCUT2D eigenvalue weighted by atomic mass is 19.4. The van der Waals surface area contributed by atoms with Crippen molar-refractivity contribution in [3.8, 4) is 0 Å². The number of carboxylic acid groups (broad SMARTS) is 2. The first kappa shape index (κ1) is 36.4. The van der Waals surface area contributed by atoms with Gasteiger partial charge in [-0.15, -0.1) is 0 Å². The number of hydrogen-bond acceptors (Lipinski definition) is 2. The highest BCUT2D eigenvalue weighted by Crippen LogP contribution is 2.57. The molecular weight excluding hydrogens is 610 g/mol. The molecule has 0 aromatic heterocycles. The number of hydrogen-bond donors (Lipinski definition) is 2. The molecular formula is C17H12F18O4. The lowest BCUT2D eigenvalue weighted by molar-refractivity contribution is -0.397. The molecule has 0 aliphatic carbocycles. The Balaban J connectivity index is 6.57. The number of halogens is 18. The van der Waals surface area contributed by atoms with Gasteiger partial charge in [-0.2, -0.15) is 79.0 Å². The summed E-state index contributed by atoms with van der Waals surface area (Å²) < 4.78 is 234. The quantitative estimate of drug-likeness (QED) is 0.169. The third-order valence-corrected chi connectivity index (χ3v) is 5.16. The van der Waals surface area contributed by atoms with Gasteiger partial charge in [0.2, 0.25) is 0 Å². The smallest absolute Gasteiger partial charge is 0.460 e. The predicted molar refractivity (Wildman–Crippen MR) is 87.1 cm³/mol. The van der Waals surface area contributed by atoms with Crippen molar-refractivity contribution in [2.45, 2.75) is 73.6 Å². The van der Waals surface area contributed by atoms with E-state index >= 15 is 0 Å². The highest BCUT2D eigenvalue weighted by molar-refractivity contribution is 5.83. The Morgan fingerprint density at radius 2 is 0.769 bits per heavy atom. The fourth-order valence-corrected chi connectivity index (χ4v) is 2.70. The molecule has 0 rings (SSSR count). The zero-order valence-electron chi connectivity index (χ0n) is 18.0. The third kappa shape index (κ3) is 6.60. The maximum atomic E-state index is 13.8. The lowest BCUT2D eigenvalue weighted by Crippen LogP contribution is -2.61. The number of carbonyl (C=O) groups is 2. The maximum absolute atomic E-state index is 13.8. The van der Waals surface area contributed by atoms with E-state index in [0.717, 1.165) is 0 Å². The molecule has 22 heteroatoms. The van der Waals surface area contributed by atoms with Crippen LogP contribution in [-0.2, 0) is 9.59 Å². The van der Waals surface area contributed by atoms with Crippen molar-refractivity contribution < 1.29 is 98.8 Å². The number of aliphatic carboxylic acids is 2. The molecule has 0 saturated heterocycles. The van der Waals surface area contributed by atoms with E-state index in [2.05, 4.69) is 0 Å². The van der Waals surface area contributed by atoms with Crippen molar-refractivity contribution in [1.29, 1.82) is 0 Å². The first-order valence-corrected chi connectivity index (χ1v) is 9.33. The third-order valence-electron chi connectivity index (χ3n) is 5.16. The Hall–Kier alpha value is -2.58. The lowest BCUT2D eigenvalue weighted by atomic mass is 9.75. The van der Waals surface area contributed by atoms with Crippen LogP contribution in [0.5, 0.6) is 0 Å². The van der Waals surface area contributed by atoms with Crippen LogP contribution in [0, 0.1) is 5.41 Å². The number of rotatable bonds is 13. The van der Waals surface area contributed by atoms with Crippen molar-refractivity contribution >= 4 is 11.9 Å². The van der Waals surface area contributed by atoms with E-state index in [9.17, 15) is 88.6 Å². The van der Waals surface area contributed by atoms with Gasteiger partial charge >= 0.3 is 59.8 Å². The minimum Gasteiger partial charge on any atom is -0.481 e. The first-order chi connectivity index (χ1) is 16.8. The fourth-order valence-electron chi connectivity index (χ4n) is 2.70. The van der Waals surface area contributed by atoms with Gasteiger partial charge in [0.05, 0.1) is 5.41 Å². The predicted octanol–water partition coefficient (Wildman–Crippen LogP) is 7.20. The molecule has 0 spiro atoms. The van der Waals surface area contributed by atoms with Gasteiger partial charge in [0.15, 0.2) is 0 Å². The zero-order chi connectivity index (χ0) is 31.9. The summed E-state index contributed by atoms with van der Waals surface area (Å²) in [7, 11) is 0. The van der Waals surface area contributed by atoms with E-state index in [0.29, 0.717) is 0 Å². The molecule has 0 atom stereocenters. The average Bonchev–Trinajstić information content (AvgIpc) is 2.70. The molecule has 0 aromatic carbocycles. The average molecular weight is 622 g/mol. The molecule has 0 heterocycles. The van der Waals surface area contributed by atoms with Crippen LogP contribution in [0.4, 0.5) is 79.0 Å². The Morgan fingerprint density at radius 1 is 0.487 bits per heavy atom. The van der Waals surface area contributed by atoms with Gasteiger partial charge in [-0.05, 0) is 12.8 Å². The second-order valence-electron chi connectivity index (χ2n) is 7.83. The van der Waals surface area contributed by atoms with Crippen LogP contribution in [0.15, 0.2) is 12.2 Å². The van der Waals surface area contributed by atoms with Crippen LogP contribution >= 0.6 is 0 Å². The Kier molecular flexibility index (Phi) is 9.74. The maximum Gasteiger partial charge on any atom is 0.460 e. The summed E-state index contributed by atoms with van der Waals surface area (Å²) in [5.41, 5.74) is -3.93. The number of alkyl halides is 18. The van der Waals surface area contributed by atoms with Gasteiger partial charge in [0.1, 0.15) is 0 Å². The second kappa shape index (κ2) is 10.4. The molecule has 0 aliphatic rings. The summed E-state index contributed by atoms with van der Waals surface area (Å²) in [6.07, 6.45) is -27.1. The van der Waals surface area contributed by atoms with E-state index in [4.69, 9.17) is 10.2 Å². The van der Waals surface area contributed by atoms with Crippen molar-refractivity contribution in [3.63, 3.8) is 0 Å². The molecule has 39 heavy (non-hydrogen) atoms. The van der Waals surface area contributed by atoms with Gasteiger partial charge in [-0.1, -0.05) is 6.08 Å². The van der Waals surface area contributed by atoms with Crippen molar-refractivity contribution in [1.82, 2.24) is 0 Å². The van der Waals surface area contributed by atoms with Gasteiger partial charge in [0.25, 0.3) is 0 Å². The van der Waals surface area contributed by atoms with Crippen LogP contribution in [0.2, 0.25) is 0 Å². The summed E-state index contributed by atoms with van der Waals surface area (Å²) in [5, 5.41) is 17.7. The van der Waals surface area contributed by atoms with E-state index < -0.39 is 103 Å². The van der Waals surface area contributed by atoms with Crippen LogP contribution < -0.4 is 0 Å². The summed E-state index contributed by atoms with van der Waals surface area (Å²) in [6, 6.07) is 0. The molecule has 4 nitrogen and oxygen atoms in total. The van der Waals surface area contributed by atoms with E-state index in [-0.39, 0.29) is 0 Å². The topological polar surface area (TPSA) is 74.6 Å². The van der Waals surface area contributed by atoms with Crippen molar-refractivity contribution in [2.75, 3.05) is 0 Å². The molecule has 0 bridgehead atoms. The largest absolute Gasteiger partial charge is 0.481 e. The van der Waals surface area contributed by atoms with E-state index in [1.807, 2.05) is 0 Å². The molecule has 230 valence electrons. The van der Waals surface area contributed by atoms with Crippen molar-refractivity contribution in [3.05, 3.63) is 12.2 Å². The number of carboxylic acids is 2. The van der Waals surface area contributed by atoms with Crippen molar-refractivity contribution in [2.24, 2.45) is 5.41 Å². The highest BCUT2D eigenvalue weighted by Gasteiger charge is 2.82. The summed E-state index contributed by atoms with van der Waals surface area (Å²) in [6.45, 7) is 0. The zero-order valence-corrected chi connectivity index (χ0v) is 18.0. The normalized spacial score (nSPS) is 15.6. The summed E-state index contributed by atoms with van der Waals surface area (Å²) in [4.78, 5) is 22.1. The minimum atomic E-state index is -7.52. The Labute approximate surface area is 203 Å². The lowest BCUT2D eigenvalue weighted by Gasteiger charge is -2.37. The van der Waals surface area contributed by atoms with Gasteiger partial charge in [-0.25, -0.2) is 4.79 Å². The SMILES string of the molecule is O=C(O)C=CC(CCC(F)(F)C(F)(F)C(F)(F)C(F)(F)F)(CCC(F)(F)C(F)(F)C(F)(F)C(F)(F)F)C(=O)O. The second-order valence-corrected chi connectivity index (χ2v) is 7.83. The molecule has 0 aromatic rings. The monoisotopic (exact) mass is 622 g/mol. The molecule has 0 fully saturated rings. The molecule has 0 radical (unpaired) electrons. The van der Waals surface area contributed by atoms with Gasteiger partial charge < -0.3 is 10.2 Å². The molecule has 0 amide bonds. The minimum absolute atomic E-state index is 0.477. The Bertz CT molecular complexity index is 877. The standard InChI is InChI=1S/C17H12F18O4/c18-10(19,12(22,23)14(26,27)16(30,31)32)5-3-9(8(38)39,2-1-7(36)37)4-6-11(20,21)13(24,25)15(28,29)17(33,34)35/h1-2H,3-6H2,(H,36,37)(H,38,39). The first-order valence-electron chi connectivity index (χ1n) is 9.33. The van der Waals surface area contributed by atoms with Crippen LogP contribution in [-0.4, -0.2) is 70.0 Å². The Morgan fingerprint density at radius 3 is 0.974 bits per heavy atom. The van der Waals surface area contributed by atoms with E-state index in [1.165, 1.54) is 0 Å². The van der Waals surface area contributed by atoms with Crippen LogP contribution in [0.1, 0.15) is 25.7 Å². The molecule has 0 unspecified atom stereocenters.